The number of nitrogens with one attached hydrogen (secondary N) is 2. The molecule has 1 fully saturated rings. The summed E-state index contributed by atoms with van der Waals surface area (Å²) < 4.78 is 13.6. The molecule has 0 heterocycles. The molecule has 0 aliphatic heterocycles. The molecule has 136 valence electrons. The second-order valence-electron chi connectivity index (χ2n) is 6.69. The van der Waals surface area contributed by atoms with Crippen molar-refractivity contribution in [1.82, 2.24) is 5.32 Å². The fourth-order valence-corrected chi connectivity index (χ4v) is 3.39. The molecule has 0 aromatic heterocycles. The highest BCUT2D eigenvalue weighted by molar-refractivity contribution is 6.34. The summed E-state index contributed by atoms with van der Waals surface area (Å²) in [5.74, 6) is -1.58. The van der Waals surface area contributed by atoms with Gasteiger partial charge in [-0.1, -0.05) is 35.9 Å². The molecule has 0 bridgehead atoms. The molecule has 3 rings (SSSR count). The Morgan fingerprint density at radius 2 is 1.85 bits per heavy atom. The molecule has 2 N–H and O–H groups in total. The topological polar surface area (TPSA) is 58.2 Å². The van der Waals surface area contributed by atoms with Gasteiger partial charge in [0.25, 0.3) is 0 Å². The van der Waals surface area contributed by atoms with E-state index in [1.807, 2.05) is 19.9 Å². The van der Waals surface area contributed by atoms with Gasteiger partial charge in [0.05, 0.1) is 22.5 Å². The first kappa shape index (κ1) is 18.4. The highest BCUT2D eigenvalue weighted by Crippen LogP contribution is 2.40. The van der Waals surface area contributed by atoms with E-state index >= 15 is 0 Å². The molecule has 1 aliphatic carbocycles. The lowest BCUT2D eigenvalue weighted by Gasteiger charge is -2.11. The number of hydrogen-bond acceptors (Lipinski definition) is 2. The molecule has 2 aromatic carbocycles. The van der Waals surface area contributed by atoms with Gasteiger partial charge < -0.3 is 10.6 Å². The van der Waals surface area contributed by atoms with Crippen LogP contribution in [0.5, 0.6) is 0 Å². The highest BCUT2D eigenvalue weighted by Gasteiger charge is 2.48. The van der Waals surface area contributed by atoms with Gasteiger partial charge in [-0.05, 0) is 43.5 Å². The number of benzene rings is 2. The van der Waals surface area contributed by atoms with E-state index in [1.54, 1.807) is 24.3 Å². The van der Waals surface area contributed by atoms with E-state index in [0.717, 1.165) is 11.1 Å². The smallest absolute Gasteiger partial charge is 0.228 e. The summed E-state index contributed by atoms with van der Waals surface area (Å²) >= 11 is 6.21. The summed E-state index contributed by atoms with van der Waals surface area (Å²) in [5, 5.41) is 6.00. The maximum atomic E-state index is 13.6. The van der Waals surface area contributed by atoms with Crippen molar-refractivity contribution in [1.29, 1.82) is 0 Å². The summed E-state index contributed by atoms with van der Waals surface area (Å²) in [6, 6.07) is 10.0. The van der Waals surface area contributed by atoms with Gasteiger partial charge in [0.15, 0.2) is 0 Å². The van der Waals surface area contributed by atoms with E-state index in [2.05, 4.69) is 10.6 Å². The minimum Gasteiger partial charge on any atom is -0.352 e. The maximum Gasteiger partial charge on any atom is 0.228 e. The van der Waals surface area contributed by atoms with E-state index < -0.39 is 0 Å². The van der Waals surface area contributed by atoms with Crippen molar-refractivity contribution in [2.75, 3.05) is 5.32 Å². The lowest BCUT2D eigenvalue weighted by atomic mass is 10.1. The standard InChI is InChI=1S/C20H20ClFN2O2/c1-11-7-12(2)18(16(21)8-11)24-20(26)15-9-14(15)19(25)23-10-13-5-3-4-6-17(13)22/h3-8,14-15H,9-10H2,1-2H3,(H,23,25)(H,24,26). The predicted octanol–water partition coefficient (Wildman–Crippen LogP) is 3.99. The van der Waals surface area contributed by atoms with E-state index in [-0.39, 0.29) is 36.0 Å². The van der Waals surface area contributed by atoms with Gasteiger partial charge in [0.1, 0.15) is 5.82 Å². The molecule has 26 heavy (non-hydrogen) atoms. The molecule has 1 saturated carbocycles. The first-order valence-electron chi connectivity index (χ1n) is 8.45. The molecule has 0 spiro atoms. The van der Waals surface area contributed by atoms with Crippen molar-refractivity contribution in [2.24, 2.45) is 11.8 Å². The largest absolute Gasteiger partial charge is 0.352 e. The number of hydrogen-bond donors (Lipinski definition) is 2. The first-order chi connectivity index (χ1) is 12.4. The normalized spacial score (nSPS) is 18.3. The Balaban J connectivity index is 1.56. The second-order valence-corrected chi connectivity index (χ2v) is 7.09. The minimum atomic E-state index is -0.383. The second kappa shape index (κ2) is 7.46. The van der Waals surface area contributed by atoms with Crippen molar-refractivity contribution < 1.29 is 14.0 Å². The van der Waals surface area contributed by atoms with Gasteiger partial charge in [0.2, 0.25) is 11.8 Å². The zero-order valence-electron chi connectivity index (χ0n) is 14.6. The third kappa shape index (κ3) is 4.05. The zero-order valence-corrected chi connectivity index (χ0v) is 15.4. The van der Waals surface area contributed by atoms with Crippen LogP contribution in [-0.2, 0) is 16.1 Å². The Morgan fingerprint density at radius 1 is 1.15 bits per heavy atom. The Labute approximate surface area is 156 Å². The number of aryl methyl sites for hydroxylation is 2. The fraction of sp³-hybridized carbons (Fsp3) is 0.300. The van der Waals surface area contributed by atoms with Crippen LogP contribution in [0.4, 0.5) is 10.1 Å². The summed E-state index contributed by atoms with van der Waals surface area (Å²) in [6.45, 7) is 3.92. The number of rotatable bonds is 5. The van der Waals surface area contributed by atoms with Crippen LogP contribution in [0.2, 0.25) is 5.02 Å². The Morgan fingerprint density at radius 3 is 2.54 bits per heavy atom. The van der Waals surface area contributed by atoms with Crippen LogP contribution in [0.25, 0.3) is 0 Å². The van der Waals surface area contributed by atoms with Crippen LogP contribution in [0.15, 0.2) is 36.4 Å². The van der Waals surface area contributed by atoms with E-state index in [9.17, 15) is 14.0 Å². The molecule has 2 unspecified atom stereocenters. The Hall–Kier alpha value is -2.40. The molecular weight excluding hydrogens is 355 g/mol. The van der Waals surface area contributed by atoms with Gasteiger partial charge in [-0.25, -0.2) is 4.39 Å². The van der Waals surface area contributed by atoms with Crippen molar-refractivity contribution in [3.63, 3.8) is 0 Å². The summed E-state index contributed by atoms with van der Waals surface area (Å²) in [4.78, 5) is 24.6. The van der Waals surface area contributed by atoms with Crippen LogP contribution in [0.1, 0.15) is 23.1 Å². The van der Waals surface area contributed by atoms with Crippen molar-refractivity contribution in [3.05, 3.63) is 63.9 Å². The summed E-state index contributed by atoms with van der Waals surface area (Å²) in [7, 11) is 0. The van der Waals surface area contributed by atoms with Gasteiger partial charge in [-0.3, -0.25) is 9.59 Å². The quantitative estimate of drug-likeness (QED) is 0.831. The van der Waals surface area contributed by atoms with E-state index in [1.165, 1.54) is 6.07 Å². The number of carbonyl (C=O) groups excluding carboxylic acids is 2. The van der Waals surface area contributed by atoms with Crippen LogP contribution in [0, 0.1) is 31.5 Å². The molecule has 1 aliphatic rings. The number of carbonyl (C=O) groups is 2. The van der Waals surface area contributed by atoms with Gasteiger partial charge in [0, 0.05) is 12.1 Å². The minimum absolute atomic E-state index is 0.110. The van der Waals surface area contributed by atoms with Gasteiger partial charge in [-0.15, -0.1) is 0 Å². The Bertz CT molecular complexity index is 846. The fourth-order valence-electron chi connectivity index (χ4n) is 3.02. The van der Waals surface area contributed by atoms with Gasteiger partial charge in [-0.2, -0.15) is 0 Å². The molecule has 0 radical (unpaired) electrons. The Kier molecular flexibility index (Phi) is 5.28. The summed E-state index contributed by atoms with van der Waals surface area (Å²) in [5.41, 5.74) is 2.90. The van der Waals surface area contributed by atoms with Crippen LogP contribution < -0.4 is 10.6 Å². The van der Waals surface area contributed by atoms with Gasteiger partial charge >= 0.3 is 0 Å². The number of anilines is 1. The SMILES string of the molecule is Cc1cc(C)c(NC(=O)C2CC2C(=O)NCc2ccccc2F)c(Cl)c1. The number of amides is 2. The molecule has 0 saturated heterocycles. The number of halogens is 2. The maximum absolute atomic E-state index is 13.6. The molecular formula is C20H20ClFN2O2. The van der Waals surface area contributed by atoms with E-state index in [4.69, 9.17) is 11.6 Å². The van der Waals surface area contributed by atoms with Crippen LogP contribution in [0.3, 0.4) is 0 Å². The average Bonchev–Trinajstić information content (AvgIpc) is 3.38. The van der Waals surface area contributed by atoms with Crippen LogP contribution >= 0.6 is 11.6 Å². The van der Waals surface area contributed by atoms with Crippen molar-refractivity contribution in [2.45, 2.75) is 26.8 Å². The third-order valence-electron chi connectivity index (χ3n) is 4.55. The van der Waals surface area contributed by atoms with Crippen molar-refractivity contribution in [3.8, 4) is 0 Å². The molecule has 2 amide bonds. The first-order valence-corrected chi connectivity index (χ1v) is 8.83. The molecule has 2 atom stereocenters. The lowest BCUT2D eigenvalue weighted by molar-refractivity contribution is -0.125. The monoisotopic (exact) mass is 374 g/mol. The van der Waals surface area contributed by atoms with E-state index in [0.29, 0.717) is 22.7 Å². The average molecular weight is 375 g/mol. The molecule has 2 aromatic rings. The molecule has 4 nitrogen and oxygen atoms in total. The summed E-state index contributed by atoms with van der Waals surface area (Å²) in [6.07, 6.45) is 0.484. The van der Waals surface area contributed by atoms with Crippen LogP contribution in [-0.4, -0.2) is 11.8 Å². The van der Waals surface area contributed by atoms with Crippen molar-refractivity contribution >= 4 is 29.1 Å². The predicted molar refractivity (Wildman–Crippen MR) is 99.4 cm³/mol. The molecule has 6 heteroatoms. The lowest BCUT2D eigenvalue weighted by Crippen LogP contribution is -2.27. The highest BCUT2D eigenvalue weighted by atomic mass is 35.5. The zero-order chi connectivity index (χ0) is 18.8. The third-order valence-corrected chi connectivity index (χ3v) is 4.85.